The molecule has 0 bridgehead atoms. The molecule has 140 valence electrons. The van der Waals surface area contributed by atoms with Crippen molar-refractivity contribution < 1.29 is 18.0 Å². The van der Waals surface area contributed by atoms with Gasteiger partial charge in [0.2, 0.25) is 0 Å². The van der Waals surface area contributed by atoms with E-state index >= 15 is 0 Å². The standard InChI is InChI=1S/C20H17F3N2O2/c1-13-10-17(14(2)25(13)16-6-4-3-5-7-16)18(26)12-24-11-15(20(21,22)23)8-9-19(24)27/h3-11H,12H2,1-2H3. The molecular formula is C20H17F3N2O2. The molecule has 0 amide bonds. The highest BCUT2D eigenvalue weighted by Crippen LogP contribution is 2.28. The summed E-state index contributed by atoms with van der Waals surface area (Å²) in [6, 6.07) is 12.6. The maximum Gasteiger partial charge on any atom is 0.417 e. The molecule has 0 aliphatic rings. The van der Waals surface area contributed by atoms with Crippen molar-refractivity contribution in [3.8, 4) is 5.69 Å². The predicted octanol–water partition coefficient (Wildman–Crippen LogP) is 4.16. The van der Waals surface area contributed by atoms with Crippen LogP contribution in [0.25, 0.3) is 5.69 Å². The number of carbonyl (C=O) groups is 1. The van der Waals surface area contributed by atoms with Crippen LogP contribution in [0, 0.1) is 13.8 Å². The molecule has 0 spiro atoms. The Kier molecular flexibility index (Phi) is 4.78. The average Bonchev–Trinajstić information content (AvgIpc) is 2.91. The summed E-state index contributed by atoms with van der Waals surface area (Å²) in [4.78, 5) is 24.6. The summed E-state index contributed by atoms with van der Waals surface area (Å²) >= 11 is 0. The molecule has 4 nitrogen and oxygen atoms in total. The maximum absolute atomic E-state index is 12.9. The van der Waals surface area contributed by atoms with Crippen LogP contribution in [-0.2, 0) is 12.7 Å². The van der Waals surface area contributed by atoms with Crippen LogP contribution in [0.2, 0.25) is 0 Å². The number of benzene rings is 1. The minimum Gasteiger partial charge on any atom is -0.318 e. The molecule has 0 saturated carbocycles. The van der Waals surface area contributed by atoms with Gasteiger partial charge in [-0.05, 0) is 38.1 Å². The van der Waals surface area contributed by atoms with Gasteiger partial charge in [-0.25, -0.2) is 0 Å². The fourth-order valence-electron chi connectivity index (χ4n) is 3.08. The van der Waals surface area contributed by atoms with E-state index < -0.39 is 29.6 Å². The smallest absolute Gasteiger partial charge is 0.318 e. The summed E-state index contributed by atoms with van der Waals surface area (Å²) in [6.07, 6.45) is -3.90. The lowest BCUT2D eigenvalue weighted by atomic mass is 10.1. The molecule has 7 heteroatoms. The number of alkyl halides is 3. The molecule has 0 atom stereocenters. The summed E-state index contributed by atoms with van der Waals surface area (Å²) in [5, 5.41) is 0. The van der Waals surface area contributed by atoms with Gasteiger partial charge in [-0.1, -0.05) is 18.2 Å². The van der Waals surface area contributed by atoms with Gasteiger partial charge in [0.05, 0.1) is 12.1 Å². The highest BCUT2D eigenvalue weighted by Gasteiger charge is 2.31. The average molecular weight is 374 g/mol. The van der Waals surface area contributed by atoms with Crippen molar-refractivity contribution in [2.45, 2.75) is 26.6 Å². The van der Waals surface area contributed by atoms with Gasteiger partial charge in [0, 0.05) is 34.9 Å². The molecule has 2 heterocycles. The van der Waals surface area contributed by atoms with Gasteiger partial charge < -0.3 is 9.13 Å². The zero-order valence-corrected chi connectivity index (χ0v) is 14.7. The number of aromatic nitrogens is 2. The summed E-state index contributed by atoms with van der Waals surface area (Å²) in [5.41, 5.74) is 1.11. The molecule has 27 heavy (non-hydrogen) atoms. The van der Waals surface area contributed by atoms with Gasteiger partial charge in [0.15, 0.2) is 5.78 Å². The van der Waals surface area contributed by atoms with Crippen LogP contribution in [-0.4, -0.2) is 14.9 Å². The number of rotatable bonds is 4. The lowest BCUT2D eigenvalue weighted by molar-refractivity contribution is -0.138. The van der Waals surface area contributed by atoms with E-state index in [1.807, 2.05) is 41.8 Å². The normalized spacial score (nSPS) is 11.6. The third kappa shape index (κ3) is 3.72. The number of aryl methyl sites for hydroxylation is 1. The molecule has 0 N–H and O–H groups in total. The van der Waals surface area contributed by atoms with Gasteiger partial charge in [-0.3, -0.25) is 9.59 Å². The Morgan fingerprint density at radius 3 is 2.33 bits per heavy atom. The fourth-order valence-corrected chi connectivity index (χ4v) is 3.08. The Morgan fingerprint density at radius 2 is 1.70 bits per heavy atom. The van der Waals surface area contributed by atoms with E-state index in [4.69, 9.17) is 0 Å². The van der Waals surface area contributed by atoms with Crippen molar-refractivity contribution in [3.05, 3.63) is 87.6 Å². The minimum absolute atomic E-state index is 0.376. The van der Waals surface area contributed by atoms with Crippen LogP contribution in [0.1, 0.15) is 27.3 Å². The molecule has 1 aromatic carbocycles. The van der Waals surface area contributed by atoms with E-state index in [9.17, 15) is 22.8 Å². The minimum atomic E-state index is -4.58. The highest BCUT2D eigenvalue weighted by molar-refractivity contribution is 5.97. The number of para-hydroxylation sites is 1. The van der Waals surface area contributed by atoms with E-state index in [-0.39, 0.29) is 0 Å². The van der Waals surface area contributed by atoms with Crippen LogP contribution in [0.4, 0.5) is 13.2 Å². The molecule has 0 saturated heterocycles. The Morgan fingerprint density at radius 1 is 1.04 bits per heavy atom. The van der Waals surface area contributed by atoms with Gasteiger partial charge in [-0.2, -0.15) is 13.2 Å². The number of carbonyl (C=O) groups excluding carboxylic acids is 1. The van der Waals surface area contributed by atoms with Crippen LogP contribution < -0.4 is 5.56 Å². The molecule has 3 rings (SSSR count). The van der Waals surface area contributed by atoms with E-state index in [2.05, 4.69) is 0 Å². The molecule has 0 aliphatic carbocycles. The van der Waals surface area contributed by atoms with Crippen molar-refractivity contribution in [3.63, 3.8) is 0 Å². The van der Waals surface area contributed by atoms with E-state index in [0.717, 1.165) is 22.0 Å². The van der Waals surface area contributed by atoms with Gasteiger partial charge in [-0.15, -0.1) is 0 Å². The largest absolute Gasteiger partial charge is 0.417 e. The Bertz CT molecular complexity index is 1050. The first-order chi connectivity index (χ1) is 12.7. The second kappa shape index (κ2) is 6.90. The molecule has 0 aliphatic heterocycles. The van der Waals surface area contributed by atoms with E-state index in [0.29, 0.717) is 23.5 Å². The van der Waals surface area contributed by atoms with Crippen molar-refractivity contribution in [1.82, 2.24) is 9.13 Å². The lowest BCUT2D eigenvalue weighted by Crippen LogP contribution is -2.25. The van der Waals surface area contributed by atoms with Crippen LogP contribution in [0.15, 0.2) is 59.5 Å². The quantitative estimate of drug-likeness (QED) is 0.644. The molecule has 0 radical (unpaired) electrons. The van der Waals surface area contributed by atoms with E-state index in [1.54, 1.807) is 13.0 Å². The van der Waals surface area contributed by atoms with Gasteiger partial charge in [0.1, 0.15) is 0 Å². The number of nitrogens with zero attached hydrogens (tertiary/aromatic N) is 2. The van der Waals surface area contributed by atoms with Gasteiger partial charge >= 0.3 is 6.18 Å². The molecule has 0 fully saturated rings. The topological polar surface area (TPSA) is 44.0 Å². The summed E-state index contributed by atoms with van der Waals surface area (Å²) in [7, 11) is 0. The maximum atomic E-state index is 12.9. The second-order valence-electron chi connectivity index (χ2n) is 6.26. The summed E-state index contributed by atoms with van der Waals surface area (Å²) in [5.74, 6) is -0.424. The highest BCUT2D eigenvalue weighted by atomic mass is 19.4. The number of halogens is 3. The second-order valence-corrected chi connectivity index (χ2v) is 6.26. The molecule has 2 aromatic heterocycles. The lowest BCUT2D eigenvalue weighted by Gasteiger charge is -2.11. The summed E-state index contributed by atoms with van der Waals surface area (Å²) < 4.78 is 41.3. The zero-order valence-electron chi connectivity index (χ0n) is 14.7. The Hall–Kier alpha value is -3.09. The number of pyridine rings is 1. The monoisotopic (exact) mass is 374 g/mol. The predicted molar refractivity (Wildman–Crippen MR) is 95.3 cm³/mol. The Balaban J connectivity index is 1.96. The third-order valence-electron chi connectivity index (χ3n) is 4.37. The number of Topliss-reactive ketones (excluding diaryl/α,β-unsaturated/α-hetero) is 1. The SMILES string of the molecule is Cc1cc(C(=O)Cn2cc(C(F)(F)F)ccc2=O)c(C)n1-c1ccccc1. The molecule has 0 unspecified atom stereocenters. The first kappa shape index (κ1) is 18.7. The number of hydrogen-bond acceptors (Lipinski definition) is 2. The number of hydrogen-bond donors (Lipinski definition) is 0. The third-order valence-corrected chi connectivity index (χ3v) is 4.37. The van der Waals surface area contributed by atoms with Crippen LogP contribution in [0.5, 0.6) is 0 Å². The Labute approximate surface area is 153 Å². The van der Waals surface area contributed by atoms with Crippen molar-refractivity contribution in [2.24, 2.45) is 0 Å². The van der Waals surface area contributed by atoms with Gasteiger partial charge in [0.25, 0.3) is 5.56 Å². The molecule has 3 aromatic rings. The van der Waals surface area contributed by atoms with Crippen molar-refractivity contribution in [2.75, 3.05) is 0 Å². The fraction of sp³-hybridized carbons (Fsp3) is 0.200. The zero-order chi connectivity index (χ0) is 19.8. The van der Waals surface area contributed by atoms with Crippen molar-refractivity contribution in [1.29, 1.82) is 0 Å². The van der Waals surface area contributed by atoms with Crippen LogP contribution >= 0.6 is 0 Å². The number of ketones is 1. The van der Waals surface area contributed by atoms with E-state index in [1.165, 1.54) is 0 Å². The van der Waals surface area contributed by atoms with Crippen LogP contribution in [0.3, 0.4) is 0 Å². The first-order valence-electron chi connectivity index (χ1n) is 8.23. The summed E-state index contributed by atoms with van der Waals surface area (Å²) in [6.45, 7) is 3.15. The molecular weight excluding hydrogens is 357 g/mol. The van der Waals surface area contributed by atoms with Crippen molar-refractivity contribution >= 4 is 5.78 Å². The first-order valence-corrected chi connectivity index (χ1v) is 8.23.